The zero-order valence-corrected chi connectivity index (χ0v) is 27.9. The highest BCUT2D eigenvalue weighted by Crippen LogP contribution is 2.37. The molecule has 2 N–H and O–H groups in total. The first kappa shape index (κ1) is 32.7. The van der Waals surface area contributed by atoms with E-state index >= 15 is 4.39 Å². The van der Waals surface area contributed by atoms with E-state index in [0.29, 0.717) is 41.5 Å². The maximum absolute atomic E-state index is 15.3. The highest BCUT2D eigenvalue weighted by Gasteiger charge is 2.35. The van der Waals surface area contributed by atoms with Gasteiger partial charge in [0.25, 0.3) is 5.91 Å². The number of benzene rings is 2. The van der Waals surface area contributed by atoms with Crippen LogP contribution in [0.25, 0.3) is 22.2 Å². The summed E-state index contributed by atoms with van der Waals surface area (Å²) in [7, 11) is 0. The standard InChI is InChI=1S/C37H41FN8O3/c1-37(2,45-17-15-43(16-18-45)28-23-48-24-28)20-26(21-39)36(47)44-14-6-7-27(22-44)46-31-12-13-41-35(40)33(31)34(42-46)25-10-11-32(30(38)19-25)49-29-8-4-3-5-9-29/h3-5,8-13,19-20,27-28H,6-7,14-18,22-24H2,1-2H3,(H2,40,41). The number of para-hydroxylation sites is 1. The molecule has 3 fully saturated rings. The molecular weight excluding hydrogens is 623 g/mol. The molecule has 0 aliphatic carbocycles. The Balaban J connectivity index is 1.11. The third kappa shape index (κ3) is 6.62. The maximum Gasteiger partial charge on any atom is 0.264 e. The lowest BCUT2D eigenvalue weighted by Gasteiger charge is -2.46. The lowest BCUT2D eigenvalue weighted by atomic mass is 9.96. The number of aromatic nitrogens is 3. The molecule has 3 saturated heterocycles. The number of pyridine rings is 1. The molecule has 1 unspecified atom stereocenters. The number of hydrogen-bond donors (Lipinski definition) is 1. The van der Waals surface area contributed by atoms with E-state index in [0.717, 1.165) is 57.8 Å². The molecule has 254 valence electrons. The molecule has 0 spiro atoms. The largest absolute Gasteiger partial charge is 0.454 e. The fourth-order valence-electron chi connectivity index (χ4n) is 7.13. The van der Waals surface area contributed by atoms with Gasteiger partial charge in [-0.15, -0.1) is 0 Å². The Kier molecular flexibility index (Phi) is 9.07. The minimum absolute atomic E-state index is 0.0989. The summed E-state index contributed by atoms with van der Waals surface area (Å²) >= 11 is 0. The van der Waals surface area contributed by atoms with Crippen LogP contribution in [0.1, 0.15) is 32.7 Å². The molecule has 0 bridgehead atoms. The molecular formula is C37H41FN8O3. The molecule has 4 aromatic rings. The van der Waals surface area contributed by atoms with E-state index in [-0.39, 0.29) is 29.1 Å². The Labute approximate surface area is 285 Å². The van der Waals surface area contributed by atoms with Gasteiger partial charge in [-0.2, -0.15) is 10.4 Å². The van der Waals surface area contributed by atoms with Gasteiger partial charge in [-0.1, -0.05) is 18.2 Å². The lowest BCUT2D eigenvalue weighted by molar-refractivity contribution is -0.128. The normalized spacial score (nSPS) is 19.8. The quantitative estimate of drug-likeness (QED) is 0.204. The van der Waals surface area contributed by atoms with Gasteiger partial charge in [-0.25, -0.2) is 9.37 Å². The van der Waals surface area contributed by atoms with Gasteiger partial charge in [0.15, 0.2) is 11.6 Å². The number of nitrogens with two attached hydrogens (primary N) is 1. The number of anilines is 1. The van der Waals surface area contributed by atoms with Gasteiger partial charge in [-0.3, -0.25) is 19.3 Å². The number of ether oxygens (including phenoxy) is 2. The van der Waals surface area contributed by atoms with E-state index < -0.39 is 11.4 Å². The van der Waals surface area contributed by atoms with E-state index in [4.69, 9.17) is 20.3 Å². The van der Waals surface area contributed by atoms with Crippen LogP contribution in [0.4, 0.5) is 10.2 Å². The average molecular weight is 665 g/mol. The van der Waals surface area contributed by atoms with Crippen molar-refractivity contribution in [2.45, 2.75) is 44.3 Å². The van der Waals surface area contributed by atoms with Gasteiger partial charge in [-0.05, 0) is 69.2 Å². The van der Waals surface area contributed by atoms with Crippen molar-refractivity contribution >= 4 is 22.6 Å². The van der Waals surface area contributed by atoms with Gasteiger partial charge in [0.2, 0.25) is 0 Å². The van der Waals surface area contributed by atoms with Crippen LogP contribution in [0.3, 0.4) is 0 Å². The number of carbonyl (C=O) groups is 1. The Morgan fingerprint density at radius 2 is 1.86 bits per heavy atom. The van der Waals surface area contributed by atoms with Crippen LogP contribution in [0, 0.1) is 17.1 Å². The fourth-order valence-corrected chi connectivity index (χ4v) is 7.13. The predicted molar refractivity (Wildman–Crippen MR) is 184 cm³/mol. The fraction of sp³-hybridized carbons (Fsp3) is 0.405. The molecule has 5 heterocycles. The molecule has 0 saturated carbocycles. The average Bonchev–Trinajstić information content (AvgIpc) is 3.49. The maximum atomic E-state index is 15.3. The Bertz CT molecular complexity index is 1910. The molecule has 11 nitrogen and oxygen atoms in total. The summed E-state index contributed by atoms with van der Waals surface area (Å²) in [6.07, 6.45) is 4.96. The van der Waals surface area contributed by atoms with Crippen LogP contribution in [-0.2, 0) is 9.53 Å². The van der Waals surface area contributed by atoms with E-state index in [1.54, 1.807) is 35.4 Å². The number of halogens is 1. The van der Waals surface area contributed by atoms with Crippen LogP contribution in [-0.4, -0.2) is 99.4 Å². The monoisotopic (exact) mass is 664 g/mol. The summed E-state index contributed by atoms with van der Waals surface area (Å²) in [5.74, 6) is 0.103. The van der Waals surface area contributed by atoms with Crippen LogP contribution in [0.15, 0.2) is 72.4 Å². The summed E-state index contributed by atoms with van der Waals surface area (Å²) in [6, 6.07) is 18.1. The minimum Gasteiger partial charge on any atom is -0.454 e. The van der Waals surface area contributed by atoms with Crippen molar-refractivity contribution < 1.29 is 18.7 Å². The van der Waals surface area contributed by atoms with Gasteiger partial charge in [0.05, 0.1) is 36.2 Å². The topological polar surface area (TPSA) is 126 Å². The summed E-state index contributed by atoms with van der Waals surface area (Å²) in [6.45, 7) is 10.2. The third-order valence-corrected chi connectivity index (χ3v) is 9.97. The summed E-state index contributed by atoms with van der Waals surface area (Å²) in [4.78, 5) is 24.7. The van der Waals surface area contributed by atoms with Crippen molar-refractivity contribution in [2.75, 3.05) is 58.2 Å². The van der Waals surface area contributed by atoms with Crippen molar-refractivity contribution in [3.63, 3.8) is 0 Å². The number of nitriles is 1. The number of likely N-dealkylation sites (tertiary alicyclic amines) is 1. The molecule has 3 aliphatic heterocycles. The van der Waals surface area contributed by atoms with Crippen molar-refractivity contribution in [1.29, 1.82) is 5.26 Å². The van der Waals surface area contributed by atoms with Crippen molar-refractivity contribution in [3.8, 4) is 28.8 Å². The number of fused-ring (bicyclic) bond motifs is 1. The highest BCUT2D eigenvalue weighted by molar-refractivity contribution is 6.00. The van der Waals surface area contributed by atoms with Gasteiger partial charge in [0, 0.05) is 56.6 Å². The number of piperidine rings is 1. The Morgan fingerprint density at radius 3 is 2.55 bits per heavy atom. The molecule has 7 rings (SSSR count). The summed E-state index contributed by atoms with van der Waals surface area (Å²) in [5.41, 5.74) is 7.85. The first-order valence-corrected chi connectivity index (χ1v) is 16.9. The zero-order chi connectivity index (χ0) is 34.1. The highest BCUT2D eigenvalue weighted by atomic mass is 19.1. The van der Waals surface area contributed by atoms with Crippen LogP contribution < -0.4 is 10.5 Å². The van der Waals surface area contributed by atoms with Gasteiger partial charge < -0.3 is 20.1 Å². The second kappa shape index (κ2) is 13.6. The second-order valence-corrected chi connectivity index (χ2v) is 13.5. The van der Waals surface area contributed by atoms with Gasteiger partial charge in [0.1, 0.15) is 28.9 Å². The number of hydrogen-bond acceptors (Lipinski definition) is 9. The summed E-state index contributed by atoms with van der Waals surface area (Å²) < 4.78 is 28.3. The number of nitrogens with zero attached hydrogens (tertiary/aromatic N) is 7. The lowest BCUT2D eigenvalue weighted by Crippen LogP contribution is -2.59. The number of amides is 1. The third-order valence-electron chi connectivity index (χ3n) is 9.97. The van der Waals surface area contributed by atoms with E-state index in [1.807, 2.05) is 35.0 Å². The molecule has 2 aromatic carbocycles. The SMILES string of the molecule is CC(C)(C=C(C#N)C(=O)N1CCCC(n2nc(-c3ccc(Oc4ccccc4)c(F)c3)c3c(N)nccc32)C1)N1CCN(C2COC2)CC1. The van der Waals surface area contributed by atoms with E-state index in [9.17, 15) is 10.1 Å². The minimum atomic E-state index is -0.533. The molecule has 0 radical (unpaired) electrons. The smallest absolute Gasteiger partial charge is 0.264 e. The van der Waals surface area contributed by atoms with E-state index in [1.165, 1.54) is 6.07 Å². The number of piperazine rings is 1. The first-order valence-electron chi connectivity index (χ1n) is 16.9. The number of carbonyl (C=O) groups excluding carboxylic acids is 1. The molecule has 1 atom stereocenters. The Hall–Kier alpha value is -4.83. The molecule has 49 heavy (non-hydrogen) atoms. The number of rotatable bonds is 8. The second-order valence-electron chi connectivity index (χ2n) is 13.5. The molecule has 2 aromatic heterocycles. The van der Waals surface area contributed by atoms with Crippen molar-refractivity contribution in [1.82, 2.24) is 29.5 Å². The van der Waals surface area contributed by atoms with Crippen LogP contribution in [0.5, 0.6) is 11.5 Å². The molecule has 1 amide bonds. The first-order chi connectivity index (χ1) is 23.7. The van der Waals surface area contributed by atoms with Crippen molar-refractivity contribution in [3.05, 3.63) is 78.3 Å². The summed E-state index contributed by atoms with van der Waals surface area (Å²) in [5, 5.41) is 15.7. The Morgan fingerprint density at radius 1 is 1.08 bits per heavy atom. The predicted octanol–water partition coefficient (Wildman–Crippen LogP) is 5.02. The number of nitrogen functional groups attached to an aromatic ring is 1. The molecule has 12 heteroatoms. The zero-order valence-electron chi connectivity index (χ0n) is 27.9. The van der Waals surface area contributed by atoms with Crippen LogP contribution >= 0.6 is 0 Å². The van der Waals surface area contributed by atoms with Crippen molar-refractivity contribution in [2.24, 2.45) is 0 Å². The molecule has 3 aliphatic rings. The van der Waals surface area contributed by atoms with Crippen LogP contribution in [0.2, 0.25) is 0 Å². The van der Waals surface area contributed by atoms with Gasteiger partial charge >= 0.3 is 0 Å². The van der Waals surface area contributed by atoms with E-state index in [2.05, 4.69) is 34.7 Å².